The molecule has 0 saturated carbocycles. The zero-order valence-corrected chi connectivity index (χ0v) is 10.7. The van der Waals surface area contributed by atoms with Crippen molar-refractivity contribution in [2.75, 3.05) is 32.7 Å². The average Bonchev–Trinajstić information content (AvgIpc) is 2.33. The van der Waals surface area contributed by atoms with E-state index < -0.39 is 0 Å². The molecule has 0 unspecified atom stereocenters. The summed E-state index contributed by atoms with van der Waals surface area (Å²) >= 11 is 0. The summed E-state index contributed by atoms with van der Waals surface area (Å²) in [4.78, 5) is 2.61. The van der Waals surface area contributed by atoms with Crippen molar-refractivity contribution in [1.82, 2.24) is 15.5 Å². The van der Waals surface area contributed by atoms with Crippen LogP contribution in [0.3, 0.4) is 0 Å². The highest BCUT2D eigenvalue weighted by Gasteiger charge is 2.38. The molecule has 2 aliphatic heterocycles. The van der Waals surface area contributed by atoms with E-state index in [4.69, 9.17) is 0 Å². The van der Waals surface area contributed by atoms with E-state index >= 15 is 0 Å². The van der Waals surface area contributed by atoms with E-state index in [-0.39, 0.29) is 0 Å². The number of piperidine rings is 1. The minimum atomic E-state index is 0.389. The fourth-order valence-electron chi connectivity index (χ4n) is 2.77. The number of rotatable bonds is 2. The monoisotopic (exact) mass is 223 g/mol. The van der Waals surface area contributed by atoms with Crippen molar-refractivity contribution in [3.8, 4) is 0 Å². The Kier molecular flexibility index (Phi) is 3.87. The molecule has 0 amide bonds. The first kappa shape index (κ1) is 11.9. The Balaban J connectivity index is 2.12. The molecule has 2 saturated heterocycles. The first-order chi connectivity index (χ1) is 7.77. The summed E-state index contributed by atoms with van der Waals surface area (Å²) in [5.74, 6) is 0. The molecule has 16 heavy (non-hydrogen) atoms. The second-order valence-corrected chi connectivity index (χ2v) is 5.17. The minimum absolute atomic E-state index is 0.389. The van der Waals surface area contributed by atoms with Gasteiger partial charge >= 0.3 is 0 Å². The Morgan fingerprint density at radius 2 is 2.00 bits per heavy atom. The number of piperazine rings is 1. The van der Waals surface area contributed by atoms with E-state index in [1.54, 1.807) is 0 Å². The van der Waals surface area contributed by atoms with Crippen LogP contribution in [-0.4, -0.2) is 43.2 Å². The van der Waals surface area contributed by atoms with Crippen LogP contribution in [0.1, 0.15) is 33.1 Å². The molecule has 2 fully saturated rings. The Morgan fingerprint density at radius 3 is 2.69 bits per heavy atom. The molecule has 0 aromatic heterocycles. The summed E-state index contributed by atoms with van der Waals surface area (Å²) < 4.78 is 0. The third-order valence-electron chi connectivity index (χ3n) is 4.06. The smallest absolute Gasteiger partial charge is 0.0545 e. The quantitative estimate of drug-likeness (QED) is 0.739. The standard InChI is InChI=1S/C13H25N3/c1-3-12(2)10-16-9-8-15-11-13(16)4-6-14-7-5-13/h10,14-15H,3-9,11H2,1-2H3/b12-10+. The molecule has 0 atom stereocenters. The normalized spacial score (nSPS) is 26.1. The lowest BCUT2D eigenvalue weighted by Gasteiger charge is -2.50. The number of hydrogen-bond acceptors (Lipinski definition) is 3. The Bertz CT molecular complexity index is 246. The van der Waals surface area contributed by atoms with Crippen LogP contribution in [0.4, 0.5) is 0 Å². The third-order valence-corrected chi connectivity index (χ3v) is 4.06. The molecule has 2 heterocycles. The number of allylic oxidation sites excluding steroid dienone is 1. The third kappa shape index (κ3) is 2.41. The topological polar surface area (TPSA) is 27.3 Å². The molecule has 2 rings (SSSR count). The highest BCUT2D eigenvalue weighted by atomic mass is 15.3. The van der Waals surface area contributed by atoms with Crippen LogP contribution >= 0.6 is 0 Å². The van der Waals surface area contributed by atoms with Crippen molar-refractivity contribution in [3.63, 3.8) is 0 Å². The van der Waals surface area contributed by atoms with E-state index in [0.717, 1.165) is 39.1 Å². The summed E-state index contributed by atoms with van der Waals surface area (Å²) in [5.41, 5.74) is 1.89. The van der Waals surface area contributed by atoms with Crippen LogP contribution in [0.2, 0.25) is 0 Å². The van der Waals surface area contributed by atoms with Gasteiger partial charge in [0.15, 0.2) is 0 Å². The molecule has 92 valence electrons. The van der Waals surface area contributed by atoms with Crippen LogP contribution in [0.25, 0.3) is 0 Å². The fourth-order valence-corrected chi connectivity index (χ4v) is 2.77. The Labute approximate surface area is 99.3 Å². The second kappa shape index (κ2) is 5.19. The summed E-state index contributed by atoms with van der Waals surface area (Å²) in [5, 5.41) is 7.04. The molecule has 0 bridgehead atoms. The van der Waals surface area contributed by atoms with E-state index in [1.807, 2.05) is 0 Å². The van der Waals surface area contributed by atoms with Crippen molar-refractivity contribution < 1.29 is 0 Å². The van der Waals surface area contributed by atoms with Crippen molar-refractivity contribution in [1.29, 1.82) is 0 Å². The lowest BCUT2D eigenvalue weighted by molar-refractivity contribution is 0.0758. The van der Waals surface area contributed by atoms with E-state index in [1.165, 1.54) is 18.4 Å². The van der Waals surface area contributed by atoms with Gasteiger partial charge in [-0.1, -0.05) is 12.5 Å². The van der Waals surface area contributed by atoms with Gasteiger partial charge in [0.05, 0.1) is 5.54 Å². The van der Waals surface area contributed by atoms with Crippen molar-refractivity contribution in [2.45, 2.75) is 38.6 Å². The SMILES string of the molecule is CC/C(C)=C/N1CCNCC12CCNCC2. The van der Waals surface area contributed by atoms with Crippen molar-refractivity contribution >= 4 is 0 Å². The Hall–Kier alpha value is -0.540. The summed E-state index contributed by atoms with van der Waals surface area (Å²) in [6.07, 6.45) is 6.12. The lowest BCUT2D eigenvalue weighted by Crippen LogP contribution is -2.62. The van der Waals surface area contributed by atoms with Crippen LogP contribution < -0.4 is 10.6 Å². The first-order valence-corrected chi connectivity index (χ1v) is 6.62. The van der Waals surface area contributed by atoms with Crippen LogP contribution in [0, 0.1) is 0 Å². The molecule has 2 aliphatic rings. The highest BCUT2D eigenvalue weighted by molar-refractivity contribution is 5.07. The fraction of sp³-hybridized carbons (Fsp3) is 0.846. The maximum absolute atomic E-state index is 3.57. The van der Waals surface area contributed by atoms with Crippen molar-refractivity contribution in [3.05, 3.63) is 11.8 Å². The molecule has 3 heteroatoms. The van der Waals surface area contributed by atoms with Crippen LogP contribution in [0.5, 0.6) is 0 Å². The number of nitrogens with one attached hydrogen (secondary N) is 2. The summed E-state index contributed by atoms with van der Waals surface area (Å²) in [7, 11) is 0. The van der Waals surface area contributed by atoms with Gasteiger partial charge in [0.25, 0.3) is 0 Å². The van der Waals surface area contributed by atoms with Gasteiger partial charge in [-0.05, 0) is 45.5 Å². The van der Waals surface area contributed by atoms with Crippen molar-refractivity contribution in [2.24, 2.45) is 0 Å². The molecular formula is C13H25N3. The molecule has 0 aromatic rings. The summed E-state index contributed by atoms with van der Waals surface area (Å²) in [6.45, 7) is 10.3. The number of nitrogens with zero attached hydrogens (tertiary/aromatic N) is 1. The largest absolute Gasteiger partial charge is 0.369 e. The van der Waals surface area contributed by atoms with Gasteiger partial charge in [-0.25, -0.2) is 0 Å². The lowest BCUT2D eigenvalue weighted by atomic mass is 9.85. The minimum Gasteiger partial charge on any atom is -0.369 e. The van der Waals surface area contributed by atoms with E-state index in [9.17, 15) is 0 Å². The van der Waals surface area contributed by atoms with Gasteiger partial charge < -0.3 is 15.5 Å². The van der Waals surface area contributed by atoms with E-state index in [0.29, 0.717) is 5.54 Å². The average molecular weight is 223 g/mol. The molecule has 1 spiro atoms. The molecule has 2 N–H and O–H groups in total. The molecular weight excluding hydrogens is 198 g/mol. The molecule has 3 nitrogen and oxygen atoms in total. The zero-order chi connectivity index (χ0) is 11.4. The highest BCUT2D eigenvalue weighted by Crippen LogP contribution is 2.28. The van der Waals surface area contributed by atoms with Gasteiger partial charge in [0.1, 0.15) is 0 Å². The predicted molar refractivity (Wildman–Crippen MR) is 68.5 cm³/mol. The van der Waals surface area contributed by atoms with Gasteiger partial charge in [-0.3, -0.25) is 0 Å². The molecule has 0 aliphatic carbocycles. The first-order valence-electron chi connectivity index (χ1n) is 6.62. The van der Waals surface area contributed by atoms with Gasteiger partial charge in [-0.15, -0.1) is 0 Å². The maximum atomic E-state index is 3.57. The summed E-state index contributed by atoms with van der Waals surface area (Å²) in [6, 6.07) is 0. The predicted octanol–water partition coefficient (Wildman–Crippen LogP) is 1.33. The second-order valence-electron chi connectivity index (χ2n) is 5.17. The van der Waals surface area contributed by atoms with Gasteiger partial charge in [0, 0.05) is 19.6 Å². The van der Waals surface area contributed by atoms with Crippen LogP contribution in [-0.2, 0) is 0 Å². The zero-order valence-electron chi connectivity index (χ0n) is 10.7. The van der Waals surface area contributed by atoms with Gasteiger partial charge in [-0.2, -0.15) is 0 Å². The van der Waals surface area contributed by atoms with Crippen LogP contribution in [0.15, 0.2) is 11.8 Å². The maximum Gasteiger partial charge on any atom is 0.0545 e. The molecule has 0 radical (unpaired) electrons. The Morgan fingerprint density at radius 1 is 1.25 bits per heavy atom. The number of hydrogen-bond donors (Lipinski definition) is 2. The van der Waals surface area contributed by atoms with E-state index in [2.05, 4.69) is 35.6 Å². The molecule has 0 aromatic carbocycles. The van der Waals surface area contributed by atoms with Gasteiger partial charge in [0.2, 0.25) is 0 Å².